The van der Waals surface area contributed by atoms with Gasteiger partial charge >= 0.3 is 0 Å². The molecule has 3 aromatic rings. The first-order chi connectivity index (χ1) is 15.5. The molecule has 1 amide bonds. The molecule has 0 fully saturated rings. The average Bonchev–Trinajstić information content (AvgIpc) is 2.79. The highest BCUT2D eigenvalue weighted by Gasteiger charge is 2.30. The van der Waals surface area contributed by atoms with Gasteiger partial charge in [0.25, 0.3) is 5.91 Å². The zero-order valence-corrected chi connectivity index (χ0v) is 20.7. The number of amides is 1. The first kappa shape index (κ1) is 24.6. The van der Waals surface area contributed by atoms with Gasteiger partial charge in [0.1, 0.15) is 5.25 Å². The second-order valence-corrected chi connectivity index (χ2v) is 11.7. The van der Waals surface area contributed by atoms with Crippen molar-refractivity contribution in [3.63, 3.8) is 0 Å². The van der Waals surface area contributed by atoms with Crippen molar-refractivity contribution in [1.29, 1.82) is 0 Å². The molecule has 5 nitrogen and oxygen atoms in total. The number of nitrogens with zero attached hydrogens (tertiary/aromatic N) is 1. The molecule has 0 aliphatic rings. The fraction of sp³-hybridized carbons (Fsp3) is 0.333. The summed E-state index contributed by atoms with van der Waals surface area (Å²) < 4.78 is 27.1. The SMILES string of the molecule is CC(C)c1ccc(S(=O)(=O)C(CNC(=O)c2ccc(C(C)(C)C)cc2)c2cccnc2)cc1. The van der Waals surface area contributed by atoms with Crippen LogP contribution in [0.4, 0.5) is 0 Å². The van der Waals surface area contributed by atoms with Gasteiger partial charge in [0.15, 0.2) is 9.84 Å². The van der Waals surface area contributed by atoms with E-state index in [1.807, 2.05) is 24.3 Å². The lowest BCUT2D eigenvalue weighted by Crippen LogP contribution is -2.32. The molecule has 174 valence electrons. The number of sulfone groups is 1. The van der Waals surface area contributed by atoms with Gasteiger partial charge in [-0.1, -0.05) is 65.0 Å². The molecule has 0 bridgehead atoms. The van der Waals surface area contributed by atoms with Crippen molar-refractivity contribution in [2.24, 2.45) is 0 Å². The Morgan fingerprint density at radius 2 is 1.58 bits per heavy atom. The van der Waals surface area contributed by atoms with Gasteiger partial charge in [-0.15, -0.1) is 0 Å². The summed E-state index contributed by atoms with van der Waals surface area (Å²) >= 11 is 0. The molecule has 3 rings (SSSR count). The van der Waals surface area contributed by atoms with Gasteiger partial charge in [-0.25, -0.2) is 8.42 Å². The number of benzene rings is 2. The van der Waals surface area contributed by atoms with Crippen molar-refractivity contribution in [2.75, 3.05) is 6.54 Å². The van der Waals surface area contributed by atoms with Crippen molar-refractivity contribution in [2.45, 2.75) is 56.1 Å². The number of aromatic nitrogens is 1. The zero-order chi connectivity index (χ0) is 24.2. The summed E-state index contributed by atoms with van der Waals surface area (Å²) in [5.41, 5.74) is 3.21. The molecule has 33 heavy (non-hydrogen) atoms. The van der Waals surface area contributed by atoms with Crippen molar-refractivity contribution in [3.8, 4) is 0 Å². The number of carbonyl (C=O) groups excluding carboxylic acids is 1. The monoisotopic (exact) mass is 464 g/mol. The topological polar surface area (TPSA) is 76.1 Å². The van der Waals surface area contributed by atoms with Crippen molar-refractivity contribution in [1.82, 2.24) is 10.3 Å². The number of nitrogens with one attached hydrogen (secondary N) is 1. The van der Waals surface area contributed by atoms with Crippen LogP contribution in [-0.4, -0.2) is 25.9 Å². The summed E-state index contributed by atoms with van der Waals surface area (Å²) in [5, 5.41) is 1.87. The van der Waals surface area contributed by atoms with Crippen LogP contribution in [0.25, 0.3) is 0 Å². The van der Waals surface area contributed by atoms with Crippen LogP contribution in [0.3, 0.4) is 0 Å². The third kappa shape index (κ3) is 5.88. The first-order valence-electron chi connectivity index (χ1n) is 11.1. The minimum Gasteiger partial charge on any atom is -0.350 e. The normalized spacial score (nSPS) is 13.0. The maximum absolute atomic E-state index is 13.5. The molecule has 0 spiro atoms. The predicted molar refractivity (Wildman–Crippen MR) is 132 cm³/mol. The number of carbonyl (C=O) groups is 1. The fourth-order valence-electron chi connectivity index (χ4n) is 3.59. The molecule has 0 saturated carbocycles. The highest BCUT2D eigenvalue weighted by Crippen LogP contribution is 2.29. The molecule has 0 saturated heterocycles. The standard InChI is InChI=1S/C27H32N2O3S/c1-19(2)20-10-14-24(15-11-20)33(31,32)25(22-7-6-16-28-17-22)18-29-26(30)21-8-12-23(13-9-21)27(3,4)5/h6-17,19,25H,18H2,1-5H3,(H,29,30). The van der Waals surface area contributed by atoms with E-state index in [0.29, 0.717) is 17.0 Å². The number of hydrogen-bond donors (Lipinski definition) is 1. The van der Waals surface area contributed by atoms with E-state index in [1.165, 1.54) is 6.20 Å². The first-order valence-corrected chi connectivity index (χ1v) is 12.7. The van der Waals surface area contributed by atoms with Crippen LogP contribution >= 0.6 is 0 Å². The van der Waals surface area contributed by atoms with Crippen LogP contribution in [0, 0.1) is 0 Å². The second kappa shape index (κ2) is 9.87. The van der Waals surface area contributed by atoms with E-state index in [9.17, 15) is 13.2 Å². The van der Waals surface area contributed by atoms with E-state index in [2.05, 4.69) is 44.9 Å². The van der Waals surface area contributed by atoms with Crippen LogP contribution in [0.15, 0.2) is 78.0 Å². The summed E-state index contributed by atoms with van der Waals surface area (Å²) in [5.74, 6) is -0.00506. The minimum absolute atomic E-state index is 0.0143. The molecule has 0 radical (unpaired) electrons. The minimum atomic E-state index is -3.76. The Kier molecular flexibility index (Phi) is 7.38. The Morgan fingerprint density at radius 3 is 2.09 bits per heavy atom. The van der Waals surface area contributed by atoms with E-state index >= 15 is 0 Å². The number of rotatable bonds is 7. The van der Waals surface area contributed by atoms with Crippen LogP contribution < -0.4 is 5.32 Å². The molecule has 0 aliphatic heterocycles. The van der Waals surface area contributed by atoms with Crippen LogP contribution in [0.5, 0.6) is 0 Å². The summed E-state index contributed by atoms with van der Waals surface area (Å²) in [6.45, 7) is 10.4. The fourth-order valence-corrected chi connectivity index (χ4v) is 5.23. The smallest absolute Gasteiger partial charge is 0.251 e. The van der Waals surface area contributed by atoms with Gasteiger partial charge in [0.2, 0.25) is 0 Å². The van der Waals surface area contributed by atoms with Crippen molar-refractivity contribution >= 4 is 15.7 Å². The van der Waals surface area contributed by atoms with Crippen LogP contribution in [-0.2, 0) is 15.3 Å². The van der Waals surface area contributed by atoms with Gasteiger partial charge < -0.3 is 5.32 Å². The average molecular weight is 465 g/mol. The Balaban J connectivity index is 1.85. The Labute approximate surface area is 197 Å². The Morgan fingerprint density at radius 1 is 0.939 bits per heavy atom. The van der Waals surface area contributed by atoms with Gasteiger partial charge in [-0.3, -0.25) is 9.78 Å². The molecule has 2 aromatic carbocycles. The number of hydrogen-bond acceptors (Lipinski definition) is 4. The molecule has 1 aromatic heterocycles. The quantitative estimate of drug-likeness (QED) is 0.505. The summed E-state index contributed by atoms with van der Waals surface area (Å²) in [6.07, 6.45) is 3.13. The van der Waals surface area contributed by atoms with Crippen LogP contribution in [0.1, 0.15) is 72.8 Å². The van der Waals surface area contributed by atoms with Crippen molar-refractivity contribution in [3.05, 3.63) is 95.3 Å². The lowest BCUT2D eigenvalue weighted by molar-refractivity contribution is 0.0953. The van der Waals surface area contributed by atoms with E-state index in [0.717, 1.165) is 11.1 Å². The molecular formula is C27H32N2O3S. The van der Waals surface area contributed by atoms with Gasteiger partial charge in [0.05, 0.1) is 4.90 Å². The Bertz CT molecular complexity index is 1180. The van der Waals surface area contributed by atoms with E-state index < -0.39 is 15.1 Å². The van der Waals surface area contributed by atoms with Gasteiger partial charge in [0, 0.05) is 24.5 Å². The van der Waals surface area contributed by atoms with Crippen molar-refractivity contribution < 1.29 is 13.2 Å². The lowest BCUT2D eigenvalue weighted by Gasteiger charge is -2.20. The molecule has 1 N–H and O–H groups in total. The molecular weight excluding hydrogens is 432 g/mol. The maximum Gasteiger partial charge on any atom is 0.251 e. The largest absolute Gasteiger partial charge is 0.350 e. The summed E-state index contributed by atoms with van der Waals surface area (Å²) in [6, 6.07) is 17.8. The zero-order valence-electron chi connectivity index (χ0n) is 19.9. The van der Waals surface area contributed by atoms with E-state index in [4.69, 9.17) is 0 Å². The van der Waals surface area contributed by atoms with Gasteiger partial charge in [-0.05, 0) is 58.4 Å². The highest BCUT2D eigenvalue weighted by atomic mass is 32.2. The summed E-state index contributed by atoms with van der Waals surface area (Å²) in [4.78, 5) is 17.1. The van der Waals surface area contributed by atoms with Crippen LogP contribution in [0.2, 0.25) is 0 Å². The summed E-state index contributed by atoms with van der Waals surface area (Å²) in [7, 11) is -3.76. The molecule has 0 aliphatic carbocycles. The maximum atomic E-state index is 13.5. The predicted octanol–water partition coefficient (Wildman–Crippen LogP) is 5.45. The van der Waals surface area contributed by atoms with E-state index in [1.54, 1.807) is 42.6 Å². The highest BCUT2D eigenvalue weighted by molar-refractivity contribution is 7.91. The second-order valence-electron chi connectivity index (χ2n) is 9.58. The third-order valence-corrected chi connectivity index (χ3v) is 7.88. The molecule has 1 atom stereocenters. The Hall–Kier alpha value is -2.99. The van der Waals surface area contributed by atoms with E-state index in [-0.39, 0.29) is 22.8 Å². The molecule has 1 unspecified atom stereocenters. The van der Waals surface area contributed by atoms with Gasteiger partial charge in [-0.2, -0.15) is 0 Å². The molecule has 6 heteroatoms. The molecule has 1 heterocycles. The lowest BCUT2D eigenvalue weighted by atomic mass is 9.87. The number of pyridine rings is 1. The third-order valence-electron chi connectivity index (χ3n) is 5.77.